The molecule has 9 nitrogen and oxygen atoms in total. The van der Waals surface area contributed by atoms with Gasteiger partial charge in [-0.3, -0.25) is 9.59 Å². The van der Waals surface area contributed by atoms with E-state index in [-0.39, 0.29) is 0 Å². The molecule has 1 atom stereocenters. The SMILES string of the molecule is CCn1c(=NC(=O)CS(=O)(=O)CC(=O)N2CCCC(C)C2)sc2cc(C(=O)OC)ccc21. The van der Waals surface area contributed by atoms with E-state index < -0.39 is 39.1 Å². The summed E-state index contributed by atoms with van der Waals surface area (Å²) in [7, 11) is -2.64. The lowest BCUT2D eigenvalue weighted by atomic mass is 10.0. The van der Waals surface area contributed by atoms with Crippen molar-refractivity contribution in [2.75, 3.05) is 31.7 Å². The van der Waals surface area contributed by atoms with Gasteiger partial charge in [-0.05, 0) is 43.9 Å². The van der Waals surface area contributed by atoms with Crippen LogP contribution in [0, 0.1) is 5.92 Å². The molecule has 1 fully saturated rings. The minimum atomic E-state index is -3.94. The number of methoxy groups -OCH3 is 1. The average molecular weight is 482 g/mol. The van der Waals surface area contributed by atoms with Crippen LogP contribution in [-0.4, -0.2) is 67.4 Å². The van der Waals surface area contributed by atoms with Crippen molar-refractivity contribution in [1.82, 2.24) is 9.47 Å². The van der Waals surface area contributed by atoms with Crippen LogP contribution in [0.2, 0.25) is 0 Å². The first-order valence-electron chi connectivity index (χ1n) is 10.4. The van der Waals surface area contributed by atoms with Gasteiger partial charge in [0, 0.05) is 19.6 Å². The Morgan fingerprint density at radius 2 is 2.00 bits per heavy atom. The van der Waals surface area contributed by atoms with Crippen molar-refractivity contribution in [1.29, 1.82) is 0 Å². The van der Waals surface area contributed by atoms with Crippen molar-refractivity contribution in [3.8, 4) is 0 Å². The maximum atomic E-state index is 12.5. The standard InChI is InChI=1S/C21H27N3O6S2/c1-4-24-16-8-7-15(20(27)30-3)10-17(16)31-21(24)22-18(25)12-32(28,29)13-19(26)23-9-5-6-14(2)11-23/h7-8,10,14H,4-6,9,11-13H2,1-3H3. The molecule has 1 aromatic heterocycles. The number of carbonyl (C=O) groups is 3. The summed E-state index contributed by atoms with van der Waals surface area (Å²) >= 11 is 1.18. The molecule has 2 amide bonds. The predicted molar refractivity (Wildman–Crippen MR) is 121 cm³/mol. The molecule has 3 rings (SSSR count). The summed E-state index contributed by atoms with van der Waals surface area (Å²) in [5, 5.41) is 0. The van der Waals surface area contributed by atoms with E-state index in [0.29, 0.717) is 35.9 Å². The molecule has 1 aliphatic heterocycles. The number of rotatable bonds is 6. The molecule has 2 heterocycles. The molecule has 0 spiro atoms. The predicted octanol–water partition coefficient (Wildman–Crippen LogP) is 1.61. The fourth-order valence-electron chi connectivity index (χ4n) is 3.78. The van der Waals surface area contributed by atoms with Crippen LogP contribution in [0.15, 0.2) is 23.2 Å². The van der Waals surface area contributed by atoms with Gasteiger partial charge in [-0.25, -0.2) is 13.2 Å². The number of fused-ring (bicyclic) bond motifs is 1. The van der Waals surface area contributed by atoms with Gasteiger partial charge in [0.15, 0.2) is 14.6 Å². The molecular formula is C21H27N3O6S2. The molecule has 0 saturated carbocycles. The smallest absolute Gasteiger partial charge is 0.337 e. The number of thiazole rings is 1. The van der Waals surface area contributed by atoms with E-state index in [1.54, 1.807) is 27.7 Å². The Kier molecular flexibility index (Phi) is 7.50. The largest absolute Gasteiger partial charge is 0.465 e. The molecular weight excluding hydrogens is 454 g/mol. The van der Waals surface area contributed by atoms with Gasteiger partial charge in [0.25, 0.3) is 5.91 Å². The number of amides is 2. The number of ether oxygens (including phenoxy) is 1. The lowest BCUT2D eigenvalue weighted by molar-refractivity contribution is -0.130. The van der Waals surface area contributed by atoms with Crippen molar-refractivity contribution in [2.24, 2.45) is 10.9 Å². The van der Waals surface area contributed by atoms with E-state index in [1.807, 2.05) is 13.8 Å². The van der Waals surface area contributed by atoms with Crippen molar-refractivity contribution >= 4 is 49.2 Å². The minimum absolute atomic E-state index is 0.334. The van der Waals surface area contributed by atoms with Gasteiger partial charge in [0.05, 0.1) is 22.9 Å². The molecule has 1 aliphatic rings. The number of nitrogens with zero attached hydrogens (tertiary/aromatic N) is 3. The third-order valence-corrected chi connectivity index (χ3v) is 7.75. The Bertz CT molecular complexity index is 1210. The van der Waals surface area contributed by atoms with Crippen LogP contribution >= 0.6 is 11.3 Å². The second-order valence-electron chi connectivity index (χ2n) is 7.93. The number of likely N-dealkylation sites (tertiary alicyclic amines) is 1. The highest BCUT2D eigenvalue weighted by Gasteiger charge is 2.27. The number of aryl methyl sites for hydroxylation is 1. The Hall–Kier alpha value is -2.53. The van der Waals surface area contributed by atoms with E-state index in [4.69, 9.17) is 4.74 Å². The molecule has 11 heteroatoms. The van der Waals surface area contributed by atoms with E-state index in [1.165, 1.54) is 18.4 Å². The number of carbonyl (C=O) groups excluding carboxylic acids is 3. The summed E-state index contributed by atoms with van der Waals surface area (Å²) in [6, 6.07) is 5.01. The Balaban J connectivity index is 1.79. The van der Waals surface area contributed by atoms with Gasteiger partial charge in [0.1, 0.15) is 11.5 Å². The van der Waals surface area contributed by atoms with Crippen molar-refractivity contribution in [3.63, 3.8) is 0 Å². The van der Waals surface area contributed by atoms with Crippen LogP contribution in [0.4, 0.5) is 0 Å². The second kappa shape index (κ2) is 9.95. The number of esters is 1. The van der Waals surface area contributed by atoms with Crippen LogP contribution in [-0.2, 0) is 30.7 Å². The van der Waals surface area contributed by atoms with Gasteiger partial charge >= 0.3 is 5.97 Å². The summed E-state index contributed by atoms with van der Waals surface area (Å²) < 4.78 is 32.1. The number of piperidine rings is 1. The molecule has 0 aliphatic carbocycles. The van der Waals surface area contributed by atoms with Crippen molar-refractivity contribution in [3.05, 3.63) is 28.6 Å². The van der Waals surface area contributed by atoms with E-state index in [2.05, 4.69) is 4.99 Å². The maximum absolute atomic E-state index is 12.5. The summed E-state index contributed by atoms with van der Waals surface area (Å²) in [6.45, 7) is 5.49. The summed E-state index contributed by atoms with van der Waals surface area (Å²) in [4.78, 5) is 42.5. The number of benzene rings is 1. The summed E-state index contributed by atoms with van der Waals surface area (Å²) in [6.07, 6.45) is 1.86. The number of sulfone groups is 1. The van der Waals surface area contributed by atoms with Crippen molar-refractivity contribution < 1.29 is 27.5 Å². The number of hydrogen-bond acceptors (Lipinski definition) is 7. The van der Waals surface area contributed by atoms with Gasteiger partial charge in [-0.1, -0.05) is 18.3 Å². The van der Waals surface area contributed by atoms with Crippen molar-refractivity contribution in [2.45, 2.75) is 33.2 Å². The normalized spacial score (nSPS) is 17.5. The molecule has 2 aromatic rings. The number of aromatic nitrogens is 1. The molecule has 1 unspecified atom stereocenters. The first-order chi connectivity index (χ1) is 15.1. The molecule has 0 radical (unpaired) electrons. The van der Waals surface area contributed by atoms with E-state index in [9.17, 15) is 22.8 Å². The maximum Gasteiger partial charge on any atom is 0.337 e. The lowest BCUT2D eigenvalue weighted by Crippen LogP contribution is -2.42. The van der Waals surface area contributed by atoms with Crippen LogP contribution in [0.5, 0.6) is 0 Å². The molecule has 1 saturated heterocycles. The lowest BCUT2D eigenvalue weighted by Gasteiger charge is -2.30. The molecule has 174 valence electrons. The zero-order valence-corrected chi connectivity index (χ0v) is 20.0. The molecule has 0 N–H and O–H groups in total. The van der Waals surface area contributed by atoms with Gasteiger partial charge < -0.3 is 14.2 Å². The topological polar surface area (TPSA) is 115 Å². The Morgan fingerprint density at radius 1 is 1.25 bits per heavy atom. The highest BCUT2D eigenvalue weighted by atomic mass is 32.2. The Morgan fingerprint density at radius 3 is 2.66 bits per heavy atom. The van der Waals surface area contributed by atoms with Gasteiger partial charge in [-0.15, -0.1) is 0 Å². The number of hydrogen-bond donors (Lipinski definition) is 0. The first-order valence-corrected chi connectivity index (χ1v) is 13.0. The summed E-state index contributed by atoms with van der Waals surface area (Å²) in [5.74, 6) is -2.95. The highest BCUT2D eigenvalue weighted by molar-refractivity contribution is 7.92. The minimum Gasteiger partial charge on any atom is -0.465 e. The third kappa shape index (κ3) is 5.63. The molecule has 1 aromatic carbocycles. The molecule has 0 bridgehead atoms. The van der Waals surface area contributed by atoms with Crippen LogP contribution in [0.3, 0.4) is 0 Å². The fraction of sp³-hybridized carbons (Fsp3) is 0.524. The van der Waals surface area contributed by atoms with Gasteiger partial charge in [-0.2, -0.15) is 4.99 Å². The zero-order valence-electron chi connectivity index (χ0n) is 18.4. The average Bonchev–Trinajstić information content (AvgIpc) is 3.07. The van der Waals surface area contributed by atoms with Gasteiger partial charge in [0.2, 0.25) is 5.91 Å². The second-order valence-corrected chi connectivity index (χ2v) is 11.0. The first kappa shape index (κ1) is 24.1. The summed E-state index contributed by atoms with van der Waals surface area (Å²) in [5.41, 5.74) is 1.14. The van der Waals surface area contributed by atoms with E-state index in [0.717, 1.165) is 23.1 Å². The van der Waals surface area contributed by atoms with Crippen LogP contribution in [0.1, 0.15) is 37.0 Å². The molecule has 32 heavy (non-hydrogen) atoms. The van der Waals surface area contributed by atoms with Crippen LogP contribution in [0.25, 0.3) is 10.2 Å². The third-order valence-electron chi connectivity index (χ3n) is 5.34. The fourth-order valence-corrected chi connectivity index (χ4v) is 6.03. The quantitative estimate of drug-likeness (QED) is 0.579. The zero-order chi connectivity index (χ0) is 23.5. The van der Waals surface area contributed by atoms with Crippen LogP contribution < -0.4 is 4.80 Å². The Labute approximate surface area is 190 Å². The monoisotopic (exact) mass is 481 g/mol. The highest BCUT2D eigenvalue weighted by Crippen LogP contribution is 2.20. The van der Waals surface area contributed by atoms with E-state index >= 15 is 0 Å².